The third kappa shape index (κ3) is 2.91. The second-order valence-corrected chi connectivity index (χ2v) is 2.06. The number of allylic oxidation sites excluding steroid dienone is 5. The van der Waals surface area contributed by atoms with Gasteiger partial charge in [0.05, 0.1) is 0 Å². The highest BCUT2D eigenvalue weighted by atomic mass is 13.9. The van der Waals surface area contributed by atoms with Gasteiger partial charge in [0.1, 0.15) is 0 Å². The molecule has 0 aromatic heterocycles. The smallest absolute Gasteiger partial charge is 0.0395 e. The number of hydrogen-bond donors (Lipinski definition) is 0. The van der Waals surface area contributed by atoms with Crippen molar-refractivity contribution < 1.29 is 0 Å². The van der Waals surface area contributed by atoms with Crippen molar-refractivity contribution in [2.24, 2.45) is 0 Å². The first-order chi connectivity index (χ1) is 4.22. The summed E-state index contributed by atoms with van der Waals surface area (Å²) in [5.41, 5.74) is 2.60. The average molecular weight is 122 g/mol. The third-order valence-electron chi connectivity index (χ3n) is 1.42. The fraction of sp³-hybridized carbons (Fsp3) is 0.333. The van der Waals surface area contributed by atoms with Crippen molar-refractivity contribution >= 4 is 0 Å². The predicted molar refractivity (Wildman–Crippen MR) is 43.4 cm³/mol. The van der Waals surface area contributed by atoms with Gasteiger partial charge >= 0.3 is 0 Å². The van der Waals surface area contributed by atoms with Gasteiger partial charge in [-0.05, 0) is 26.3 Å². The molecule has 0 saturated carbocycles. The maximum Gasteiger partial charge on any atom is -0.0395 e. The molecule has 0 aliphatic rings. The van der Waals surface area contributed by atoms with E-state index in [-0.39, 0.29) is 0 Å². The van der Waals surface area contributed by atoms with E-state index in [0.717, 1.165) is 0 Å². The van der Waals surface area contributed by atoms with Crippen molar-refractivity contribution in [1.82, 2.24) is 0 Å². The van der Waals surface area contributed by atoms with Gasteiger partial charge in [0, 0.05) is 0 Å². The zero-order valence-corrected chi connectivity index (χ0v) is 6.44. The van der Waals surface area contributed by atoms with Gasteiger partial charge in [-0.25, -0.2) is 0 Å². The van der Waals surface area contributed by atoms with Gasteiger partial charge in [-0.3, -0.25) is 0 Å². The zero-order valence-electron chi connectivity index (χ0n) is 6.44. The molecule has 0 fully saturated rings. The Hall–Kier alpha value is -0.780. The summed E-state index contributed by atoms with van der Waals surface area (Å²) >= 11 is 0. The quantitative estimate of drug-likeness (QED) is 0.494. The van der Waals surface area contributed by atoms with Gasteiger partial charge in [0.2, 0.25) is 0 Å². The van der Waals surface area contributed by atoms with Crippen LogP contribution in [0.15, 0.2) is 36.0 Å². The molecule has 9 heavy (non-hydrogen) atoms. The molecule has 0 spiro atoms. The Bertz CT molecular complexity index is 147. The highest BCUT2D eigenvalue weighted by Gasteiger charge is 1.85. The van der Waals surface area contributed by atoms with Crippen LogP contribution in [-0.4, -0.2) is 0 Å². The lowest BCUT2D eigenvalue weighted by atomic mass is 10.1. The maximum atomic E-state index is 3.61. The predicted octanol–water partition coefficient (Wildman–Crippen LogP) is 3.08. The van der Waals surface area contributed by atoms with E-state index in [1.807, 2.05) is 19.1 Å². The highest BCUT2D eigenvalue weighted by molar-refractivity contribution is 5.28. The van der Waals surface area contributed by atoms with Crippen molar-refractivity contribution in [3.05, 3.63) is 36.0 Å². The van der Waals surface area contributed by atoms with Gasteiger partial charge in [-0.1, -0.05) is 30.4 Å². The van der Waals surface area contributed by atoms with Crippen molar-refractivity contribution in [3.63, 3.8) is 0 Å². The molecule has 0 saturated heterocycles. The third-order valence-corrected chi connectivity index (χ3v) is 1.42. The zero-order chi connectivity index (χ0) is 7.28. The summed E-state index contributed by atoms with van der Waals surface area (Å²) in [6.07, 6.45) is 5.91. The molecular formula is C9H14. The molecule has 0 aromatic carbocycles. The van der Waals surface area contributed by atoms with E-state index in [2.05, 4.69) is 26.5 Å². The van der Waals surface area contributed by atoms with E-state index in [1.165, 1.54) is 11.1 Å². The van der Waals surface area contributed by atoms with Crippen LogP contribution in [0.5, 0.6) is 0 Å². The Labute approximate surface area is 57.6 Å². The molecule has 0 atom stereocenters. The van der Waals surface area contributed by atoms with E-state index >= 15 is 0 Å². The molecule has 0 aliphatic heterocycles. The summed E-state index contributed by atoms with van der Waals surface area (Å²) in [5, 5.41) is 0. The standard InChI is InChI=1S/C9H14/c1-5-7-9(4)8(3)6-2/h5-7H,1H2,2-4H3/b8-6-,9-7-. The van der Waals surface area contributed by atoms with Crippen LogP contribution in [-0.2, 0) is 0 Å². The highest BCUT2D eigenvalue weighted by Crippen LogP contribution is 2.06. The SMILES string of the molecule is C=C/C=C(C)\C(C)=C/C. The largest absolute Gasteiger partial charge is 0.0991 e. The Kier molecular flexibility index (Phi) is 3.78. The van der Waals surface area contributed by atoms with Crippen LogP contribution in [0.2, 0.25) is 0 Å². The average Bonchev–Trinajstić information content (AvgIpc) is 1.87. The van der Waals surface area contributed by atoms with Crippen LogP contribution in [0.3, 0.4) is 0 Å². The lowest BCUT2D eigenvalue weighted by Crippen LogP contribution is -1.75. The van der Waals surface area contributed by atoms with E-state index in [4.69, 9.17) is 0 Å². The molecule has 0 heterocycles. The molecule has 0 amide bonds. The van der Waals surface area contributed by atoms with Crippen molar-refractivity contribution in [3.8, 4) is 0 Å². The molecular weight excluding hydrogens is 108 g/mol. The van der Waals surface area contributed by atoms with Crippen LogP contribution < -0.4 is 0 Å². The minimum Gasteiger partial charge on any atom is -0.0991 e. The molecule has 0 aromatic rings. The molecule has 0 heteroatoms. The van der Waals surface area contributed by atoms with Crippen molar-refractivity contribution in [1.29, 1.82) is 0 Å². The Balaban J connectivity index is 4.19. The second kappa shape index (κ2) is 4.13. The number of hydrogen-bond acceptors (Lipinski definition) is 0. The van der Waals surface area contributed by atoms with Crippen LogP contribution in [0.4, 0.5) is 0 Å². The van der Waals surface area contributed by atoms with Crippen LogP contribution in [0.25, 0.3) is 0 Å². The fourth-order valence-electron chi connectivity index (χ4n) is 0.536. The fourth-order valence-corrected chi connectivity index (χ4v) is 0.536. The number of rotatable bonds is 2. The van der Waals surface area contributed by atoms with E-state index < -0.39 is 0 Å². The normalized spacial score (nSPS) is 13.7. The van der Waals surface area contributed by atoms with Crippen LogP contribution in [0, 0.1) is 0 Å². The van der Waals surface area contributed by atoms with E-state index in [9.17, 15) is 0 Å². The molecule has 50 valence electrons. The lowest BCUT2D eigenvalue weighted by molar-refractivity contribution is 1.33. The lowest BCUT2D eigenvalue weighted by Gasteiger charge is -1.95. The van der Waals surface area contributed by atoms with Crippen molar-refractivity contribution in [2.45, 2.75) is 20.8 Å². The van der Waals surface area contributed by atoms with Gasteiger partial charge in [-0.15, -0.1) is 0 Å². The molecule has 0 rings (SSSR count). The van der Waals surface area contributed by atoms with Gasteiger partial charge in [0.25, 0.3) is 0 Å². The summed E-state index contributed by atoms with van der Waals surface area (Å²) in [4.78, 5) is 0. The second-order valence-electron chi connectivity index (χ2n) is 2.06. The molecule has 0 nitrogen and oxygen atoms in total. The molecule has 0 bridgehead atoms. The summed E-state index contributed by atoms with van der Waals surface area (Å²) in [5.74, 6) is 0. The molecule has 0 radical (unpaired) electrons. The van der Waals surface area contributed by atoms with Gasteiger partial charge in [0.15, 0.2) is 0 Å². The monoisotopic (exact) mass is 122 g/mol. The summed E-state index contributed by atoms with van der Waals surface area (Å²) in [6.45, 7) is 9.82. The summed E-state index contributed by atoms with van der Waals surface area (Å²) in [7, 11) is 0. The summed E-state index contributed by atoms with van der Waals surface area (Å²) in [6, 6.07) is 0. The van der Waals surface area contributed by atoms with E-state index in [1.54, 1.807) is 0 Å². The maximum absolute atomic E-state index is 3.61. The minimum atomic E-state index is 1.28. The molecule has 0 unspecified atom stereocenters. The van der Waals surface area contributed by atoms with Crippen LogP contribution >= 0.6 is 0 Å². The summed E-state index contributed by atoms with van der Waals surface area (Å²) < 4.78 is 0. The van der Waals surface area contributed by atoms with Crippen LogP contribution in [0.1, 0.15) is 20.8 Å². The Morgan fingerprint density at radius 1 is 1.22 bits per heavy atom. The molecule has 0 aliphatic carbocycles. The van der Waals surface area contributed by atoms with Gasteiger partial charge < -0.3 is 0 Å². The minimum absolute atomic E-state index is 1.28. The first-order valence-corrected chi connectivity index (χ1v) is 3.15. The van der Waals surface area contributed by atoms with Gasteiger partial charge in [-0.2, -0.15) is 0 Å². The first kappa shape index (κ1) is 8.22. The first-order valence-electron chi connectivity index (χ1n) is 3.15. The molecule has 0 N–H and O–H groups in total. The van der Waals surface area contributed by atoms with Crippen molar-refractivity contribution in [2.75, 3.05) is 0 Å². The topological polar surface area (TPSA) is 0 Å². The Morgan fingerprint density at radius 3 is 2.11 bits per heavy atom. The Morgan fingerprint density at radius 2 is 1.78 bits per heavy atom. The van der Waals surface area contributed by atoms with E-state index in [0.29, 0.717) is 0 Å².